The van der Waals surface area contributed by atoms with Crippen molar-refractivity contribution in [2.24, 2.45) is 5.92 Å². The monoisotopic (exact) mass is 379 g/mol. The van der Waals surface area contributed by atoms with Gasteiger partial charge in [-0.15, -0.1) is 0 Å². The van der Waals surface area contributed by atoms with Crippen LogP contribution in [0.15, 0.2) is 12.2 Å². The molecule has 1 atom stereocenters. The molecule has 5 nitrogen and oxygen atoms in total. The fourth-order valence-corrected chi connectivity index (χ4v) is 3.41. The van der Waals surface area contributed by atoms with Crippen LogP contribution in [0.2, 0.25) is 0 Å². The van der Waals surface area contributed by atoms with E-state index < -0.39 is 17.7 Å². The molecule has 1 heterocycles. The molecule has 0 bridgehead atoms. The number of allylic oxidation sites excluding steroid dienone is 2. The summed E-state index contributed by atoms with van der Waals surface area (Å²) in [5.41, 5.74) is 0. The second-order valence-corrected chi connectivity index (χ2v) is 7.60. The number of imide groups is 1. The van der Waals surface area contributed by atoms with E-state index in [1.54, 1.807) is 0 Å². The van der Waals surface area contributed by atoms with E-state index in [4.69, 9.17) is 5.21 Å². The van der Waals surface area contributed by atoms with Crippen molar-refractivity contribution in [3.8, 4) is 0 Å². The molecule has 1 fully saturated rings. The Labute approximate surface area is 164 Å². The van der Waals surface area contributed by atoms with Crippen LogP contribution in [-0.4, -0.2) is 27.9 Å². The Morgan fingerprint density at radius 1 is 0.926 bits per heavy atom. The zero-order valence-corrected chi connectivity index (χ0v) is 17.0. The van der Waals surface area contributed by atoms with Crippen LogP contribution >= 0.6 is 0 Å². The van der Waals surface area contributed by atoms with Crippen LogP contribution < -0.4 is 0 Å². The lowest BCUT2D eigenvalue weighted by atomic mass is 9.97. The summed E-state index contributed by atoms with van der Waals surface area (Å²) in [6, 6.07) is 0. The van der Waals surface area contributed by atoms with Crippen molar-refractivity contribution in [3.63, 3.8) is 0 Å². The highest BCUT2D eigenvalue weighted by molar-refractivity contribution is 6.13. The first-order valence-electron chi connectivity index (χ1n) is 10.8. The Balaban J connectivity index is 1.90. The molecule has 0 spiro atoms. The van der Waals surface area contributed by atoms with Crippen molar-refractivity contribution in [3.05, 3.63) is 12.2 Å². The Morgan fingerprint density at radius 2 is 1.44 bits per heavy atom. The molecule has 0 radical (unpaired) electrons. The number of hydrogen-bond acceptors (Lipinski definition) is 4. The summed E-state index contributed by atoms with van der Waals surface area (Å²) in [6.45, 7) is 2.24. The minimum absolute atomic E-state index is 0.0859. The van der Waals surface area contributed by atoms with Gasteiger partial charge in [-0.25, -0.2) is 0 Å². The van der Waals surface area contributed by atoms with Crippen LogP contribution in [-0.2, 0) is 14.4 Å². The van der Waals surface area contributed by atoms with Gasteiger partial charge in [0, 0.05) is 12.8 Å². The van der Waals surface area contributed by atoms with Crippen LogP contribution in [0.5, 0.6) is 0 Å². The Kier molecular flexibility index (Phi) is 12.7. The van der Waals surface area contributed by atoms with Crippen LogP contribution in [0.3, 0.4) is 0 Å². The van der Waals surface area contributed by atoms with Gasteiger partial charge in [0.25, 0.3) is 11.8 Å². The van der Waals surface area contributed by atoms with Crippen molar-refractivity contribution in [2.45, 2.75) is 103 Å². The van der Waals surface area contributed by atoms with E-state index >= 15 is 0 Å². The summed E-state index contributed by atoms with van der Waals surface area (Å²) in [7, 11) is 0. The third-order valence-electron chi connectivity index (χ3n) is 5.20. The zero-order valence-electron chi connectivity index (χ0n) is 17.0. The third kappa shape index (κ3) is 9.85. The van der Waals surface area contributed by atoms with Crippen LogP contribution in [0.4, 0.5) is 0 Å². The molecule has 0 saturated carbocycles. The molecular formula is C22H37NO4. The van der Waals surface area contributed by atoms with Crippen molar-refractivity contribution in [1.29, 1.82) is 0 Å². The molecule has 1 aliphatic heterocycles. The molecule has 1 aliphatic rings. The van der Waals surface area contributed by atoms with E-state index in [-0.39, 0.29) is 17.3 Å². The number of carbonyl (C=O) groups excluding carboxylic acids is 3. The minimum atomic E-state index is -0.959. The Morgan fingerprint density at radius 3 is 1.96 bits per heavy atom. The molecule has 0 aromatic rings. The number of ketones is 1. The average Bonchev–Trinajstić information content (AvgIpc) is 2.92. The van der Waals surface area contributed by atoms with Crippen molar-refractivity contribution in [1.82, 2.24) is 5.06 Å². The van der Waals surface area contributed by atoms with Gasteiger partial charge < -0.3 is 0 Å². The number of amides is 2. The number of rotatable bonds is 16. The van der Waals surface area contributed by atoms with Gasteiger partial charge in [0.1, 0.15) is 11.7 Å². The third-order valence-corrected chi connectivity index (χ3v) is 5.20. The van der Waals surface area contributed by atoms with Gasteiger partial charge >= 0.3 is 0 Å². The second kappa shape index (κ2) is 14.6. The molecule has 2 amide bonds. The van der Waals surface area contributed by atoms with Gasteiger partial charge in [-0.3, -0.25) is 19.6 Å². The average molecular weight is 380 g/mol. The zero-order chi connectivity index (χ0) is 19.9. The Hall–Kier alpha value is -1.49. The number of nitrogens with zero attached hydrogens (tertiary/aromatic N) is 1. The van der Waals surface area contributed by atoms with E-state index in [0.717, 1.165) is 32.1 Å². The number of Topliss-reactive ketones (excluding diaryl/α,β-unsaturated/α-hetero) is 1. The molecule has 0 aromatic heterocycles. The molecule has 0 aliphatic carbocycles. The van der Waals surface area contributed by atoms with Gasteiger partial charge in [0.05, 0.1) is 0 Å². The molecule has 0 aromatic carbocycles. The molecular weight excluding hydrogens is 342 g/mol. The topological polar surface area (TPSA) is 74.7 Å². The summed E-state index contributed by atoms with van der Waals surface area (Å²) in [5.74, 6) is -2.62. The summed E-state index contributed by atoms with van der Waals surface area (Å²) in [5, 5.41) is 9.25. The molecule has 1 N–H and O–H groups in total. The van der Waals surface area contributed by atoms with E-state index in [1.165, 1.54) is 51.4 Å². The van der Waals surface area contributed by atoms with Crippen LogP contribution in [0, 0.1) is 5.92 Å². The molecule has 27 heavy (non-hydrogen) atoms. The van der Waals surface area contributed by atoms with Gasteiger partial charge in [0.15, 0.2) is 0 Å². The lowest BCUT2D eigenvalue weighted by Crippen LogP contribution is -2.29. The fourth-order valence-electron chi connectivity index (χ4n) is 3.41. The molecule has 5 heteroatoms. The Bertz CT molecular complexity index is 487. The smallest absolute Gasteiger partial charge is 0.264 e. The summed E-state index contributed by atoms with van der Waals surface area (Å²) >= 11 is 0. The number of unbranched alkanes of at least 4 members (excludes halogenated alkanes) is 11. The van der Waals surface area contributed by atoms with Gasteiger partial charge in [-0.2, -0.15) is 5.06 Å². The minimum Gasteiger partial charge on any atom is -0.299 e. The molecule has 1 rings (SSSR count). The lowest BCUT2D eigenvalue weighted by Gasteiger charge is -2.06. The summed E-state index contributed by atoms with van der Waals surface area (Å²) in [4.78, 5) is 34.7. The maximum absolute atomic E-state index is 12.0. The van der Waals surface area contributed by atoms with Gasteiger partial charge in [-0.1, -0.05) is 70.4 Å². The summed E-state index contributed by atoms with van der Waals surface area (Å²) in [6.07, 6.45) is 20.2. The fraction of sp³-hybridized carbons (Fsp3) is 0.773. The summed E-state index contributed by atoms with van der Waals surface area (Å²) < 4.78 is 0. The quantitative estimate of drug-likeness (QED) is 0.129. The largest absolute Gasteiger partial charge is 0.299 e. The molecule has 1 saturated heterocycles. The SMILES string of the molecule is CCCCCCCCC=CCCCCCCCC(=O)C1CC(=O)N(O)C1=O. The standard InChI is InChI=1S/C22H37NO4/c1-2-3-4-5-6-7-8-9-10-11-12-13-14-15-16-17-20(24)19-18-21(25)23(27)22(19)26/h9-10,19,27H,2-8,11-18H2,1H3. The van der Waals surface area contributed by atoms with E-state index in [0.29, 0.717) is 6.42 Å². The molecule has 1 unspecified atom stereocenters. The highest BCUT2D eigenvalue weighted by Gasteiger charge is 2.41. The second-order valence-electron chi connectivity index (χ2n) is 7.60. The van der Waals surface area contributed by atoms with E-state index in [9.17, 15) is 14.4 Å². The van der Waals surface area contributed by atoms with Crippen molar-refractivity contribution in [2.75, 3.05) is 0 Å². The predicted molar refractivity (Wildman–Crippen MR) is 106 cm³/mol. The van der Waals surface area contributed by atoms with Crippen molar-refractivity contribution >= 4 is 17.6 Å². The highest BCUT2D eigenvalue weighted by Crippen LogP contribution is 2.21. The van der Waals surface area contributed by atoms with Crippen LogP contribution in [0.25, 0.3) is 0 Å². The number of carbonyl (C=O) groups is 3. The van der Waals surface area contributed by atoms with Crippen molar-refractivity contribution < 1.29 is 19.6 Å². The van der Waals surface area contributed by atoms with Gasteiger partial charge in [0.2, 0.25) is 0 Å². The van der Waals surface area contributed by atoms with Gasteiger partial charge in [-0.05, 0) is 32.1 Å². The normalized spacial score (nSPS) is 17.4. The first-order valence-corrected chi connectivity index (χ1v) is 10.8. The highest BCUT2D eigenvalue weighted by atomic mass is 16.5. The number of hydroxylamine groups is 2. The lowest BCUT2D eigenvalue weighted by molar-refractivity contribution is -0.172. The van der Waals surface area contributed by atoms with Crippen LogP contribution in [0.1, 0.15) is 103 Å². The first-order chi connectivity index (χ1) is 13.1. The maximum atomic E-state index is 12.0. The first kappa shape index (κ1) is 23.5. The van der Waals surface area contributed by atoms with E-state index in [1.807, 2.05) is 0 Å². The van der Waals surface area contributed by atoms with E-state index in [2.05, 4.69) is 19.1 Å². The number of hydrogen-bond donors (Lipinski definition) is 1. The predicted octanol–water partition coefficient (Wildman–Crippen LogP) is 5.36. The maximum Gasteiger partial charge on any atom is 0.264 e. The molecule has 154 valence electrons.